The summed E-state index contributed by atoms with van der Waals surface area (Å²) in [5, 5.41) is 4.17. The van der Waals surface area contributed by atoms with Gasteiger partial charge in [0.05, 0.1) is 0 Å². The number of aromatic nitrogens is 3. The van der Waals surface area contributed by atoms with E-state index >= 15 is 0 Å². The summed E-state index contributed by atoms with van der Waals surface area (Å²) in [6.07, 6.45) is 8.48. The van der Waals surface area contributed by atoms with Crippen molar-refractivity contribution in [2.75, 3.05) is 0 Å². The Hall–Kier alpha value is -5.81. The van der Waals surface area contributed by atoms with Gasteiger partial charge < -0.3 is 8.83 Å². The fourth-order valence-corrected chi connectivity index (χ4v) is 6.37. The van der Waals surface area contributed by atoms with Gasteiger partial charge in [-0.15, -0.1) is 0 Å². The molecule has 0 saturated carbocycles. The van der Waals surface area contributed by atoms with Crippen LogP contribution in [0.1, 0.15) is 18.7 Å². The average Bonchev–Trinajstić information content (AvgIpc) is 3.68. The molecule has 0 aliphatic heterocycles. The van der Waals surface area contributed by atoms with Crippen LogP contribution >= 0.6 is 0 Å². The van der Waals surface area contributed by atoms with Gasteiger partial charge in [-0.3, -0.25) is 0 Å². The summed E-state index contributed by atoms with van der Waals surface area (Å²) < 4.78 is 12.9. The third-order valence-corrected chi connectivity index (χ3v) is 8.38. The summed E-state index contributed by atoms with van der Waals surface area (Å²) in [6, 6.07) is 36.9. The molecular weight excluding hydrogens is 542 g/mol. The first-order valence-corrected chi connectivity index (χ1v) is 14.9. The maximum absolute atomic E-state index is 6.67. The van der Waals surface area contributed by atoms with Gasteiger partial charge in [0, 0.05) is 43.8 Å². The molecule has 3 heterocycles. The van der Waals surface area contributed by atoms with Gasteiger partial charge in [-0.2, -0.15) is 0 Å². The topological polar surface area (TPSA) is 65.0 Å². The van der Waals surface area contributed by atoms with Gasteiger partial charge in [-0.05, 0) is 36.6 Å². The highest BCUT2D eigenvalue weighted by Gasteiger charge is 2.21. The van der Waals surface area contributed by atoms with E-state index in [4.69, 9.17) is 23.8 Å². The predicted molar refractivity (Wildman–Crippen MR) is 177 cm³/mol. The van der Waals surface area contributed by atoms with Crippen LogP contribution in [-0.2, 0) is 0 Å². The monoisotopic (exact) mass is 567 g/mol. The molecular formula is C39H25N3O2. The van der Waals surface area contributed by atoms with E-state index in [-0.39, 0.29) is 0 Å². The molecule has 0 fully saturated rings. The summed E-state index contributed by atoms with van der Waals surface area (Å²) in [7, 11) is 0. The lowest BCUT2D eigenvalue weighted by Gasteiger charge is -2.11. The zero-order chi connectivity index (χ0) is 29.0. The van der Waals surface area contributed by atoms with E-state index in [0.29, 0.717) is 17.5 Å². The minimum atomic E-state index is 0.621. The summed E-state index contributed by atoms with van der Waals surface area (Å²) in [4.78, 5) is 15.0. The Kier molecular flexibility index (Phi) is 5.56. The van der Waals surface area contributed by atoms with E-state index in [1.807, 2.05) is 72.8 Å². The van der Waals surface area contributed by atoms with Gasteiger partial charge in [-0.1, -0.05) is 109 Å². The molecule has 208 valence electrons. The highest BCUT2D eigenvalue weighted by molar-refractivity contribution is 6.19. The van der Waals surface area contributed by atoms with E-state index < -0.39 is 0 Å². The Labute approximate surface area is 252 Å². The van der Waals surface area contributed by atoms with Crippen LogP contribution in [0.25, 0.3) is 83.4 Å². The number of fused-ring (bicyclic) bond motifs is 6. The molecule has 9 rings (SSSR count). The lowest BCUT2D eigenvalue weighted by Crippen LogP contribution is -2.03. The minimum Gasteiger partial charge on any atom is -0.456 e. The molecule has 0 spiro atoms. The number of para-hydroxylation sites is 2. The van der Waals surface area contributed by atoms with Gasteiger partial charge in [-0.25, -0.2) is 15.0 Å². The average molecular weight is 568 g/mol. The summed E-state index contributed by atoms with van der Waals surface area (Å²) in [6.45, 7) is 0. The molecule has 1 aliphatic carbocycles. The molecule has 3 aromatic heterocycles. The third-order valence-electron chi connectivity index (χ3n) is 8.38. The number of hydrogen-bond acceptors (Lipinski definition) is 5. The van der Waals surface area contributed by atoms with Crippen molar-refractivity contribution in [3.8, 4) is 33.9 Å². The maximum atomic E-state index is 6.67. The van der Waals surface area contributed by atoms with Crippen LogP contribution in [0, 0.1) is 0 Å². The summed E-state index contributed by atoms with van der Waals surface area (Å²) in [5.74, 6) is 1.94. The van der Waals surface area contributed by atoms with Crippen LogP contribution in [-0.4, -0.2) is 15.0 Å². The smallest absolute Gasteiger partial charge is 0.164 e. The molecule has 0 N–H and O–H groups in total. The fraction of sp³-hybridized carbons (Fsp3) is 0.0513. The Morgan fingerprint density at radius 1 is 0.477 bits per heavy atom. The molecule has 1 aliphatic rings. The molecule has 0 bridgehead atoms. The van der Waals surface area contributed by atoms with Crippen LogP contribution in [0.5, 0.6) is 0 Å². The van der Waals surface area contributed by atoms with Crippen molar-refractivity contribution in [2.24, 2.45) is 0 Å². The number of benzene rings is 5. The van der Waals surface area contributed by atoms with Gasteiger partial charge in [0.2, 0.25) is 0 Å². The van der Waals surface area contributed by atoms with Crippen LogP contribution in [0.2, 0.25) is 0 Å². The van der Waals surface area contributed by atoms with E-state index in [9.17, 15) is 0 Å². The molecule has 0 saturated heterocycles. The molecule has 8 aromatic rings. The largest absolute Gasteiger partial charge is 0.456 e. The van der Waals surface area contributed by atoms with Crippen LogP contribution in [0.3, 0.4) is 0 Å². The van der Waals surface area contributed by atoms with E-state index in [2.05, 4.69) is 54.6 Å². The number of furan rings is 2. The van der Waals surface area contributed by atoms with Gasteiger partial charge in [0.25, 0.3) is 0 Å². The van der Waals surface area contributed by atoms with Crippen molar-refractivity contribution in [1.29, 1.82) is 0 Å². The van der Waals surface area contributed by atoms with Gasteiger partial charge in [0.15, 0.2) is 17.5 Å². The second-order valence-electron chi connectivity index (χ2n) is 11.1. The highest BCUT2D eigenvalue weighted by Crippen LogP contribution is 2.43. The number of nitrogens with zero attached hydrogens (tertiary/aromatic N) is 3. The molecule has 0 amide bonds. The highest BCUT2D eigenvalue weighted by atomic mass is 16.3. The van der Waals surface area contributed by atoms with Crippen molar-refractivity contribution in [3.05, 3.63) is 133 Å². The summed E-state index contributed by atoms with van der Waals surface area (Å²) in [5.41, 5.74) is 8.30. The van der Waals surface area contributed by atoms with Gasteiger partial charge in [0.1, 0.15) is 22.3 Å². The lowest BCUT2D eigenvalue weighted by atomic mass is 9.97. The molecule has 5 nitrogen and oxygen atoms in total. The van der Waals surface area contributed by atoms with Crippen LogP contribution in [0.15, 0.2) is 136 Å². The van der Waals surface area contributed by atoms with Crippen molar-refractivity contribution in [3.63, 3.8) is 0 Å². The molecule has 5 aromatic carbocycles. The first kappa shape index (κ1) is 24.8. The molecule has 44 heavy (non-hydrogen) atoms. The standard InChI is InChI=1S/C39H25N3O2/c1-3-12-24(13-4-1)37-40-38(25-14-5-2-6-15-25)42-39(41-37)30-20-11-23-33-35(30)29-19-9-18-27(36(29)44-33)26-17-10-22-32-34(26)28-16-7-8-21-31(28)43-32/h1,3-5,7-23H,2,6H2. The van der Waals surface area contributed by atoms with Crippen LogP contribution < -0.4 is 0 Å². The second kappa shape index (κ2) is 9.89. The fourth-order valence-electron chi connectivity index (χ4n) is 6.37. The van der Waals surface area contributed by atoms with E-state index in [0.717, 1.165) is 84.5 Å². The van der Waals surface area contributed by atoms with Crippen LogP contribution in [0.4, 0.5) is 0 Å². The molecule has 0 unspecified atom stereocenters. The first-order chi connectivity index (χ1) is 21.8. The quantitative estimate of drug-likeness (QED) is 0.212. The number of allylic oxidation sites excluding steroid dienone is 4. The SMILES string of the molecule is C1=CC(c2nc(-c3ccccc3)nc(-c3cccc4oc5c(-c6cccc7oc8ccccc8c67)cccc5c34)n2)=CCC1. The number of rotatable bonds is 4. The number of hydrogen-bond donors (Lipinski definition) is 0. The Balaban J connectivity index is 1.30. The molecule has 0 atom stereocenters. The zero-order valence-electron chi connectivity index (χ0n) is 23.7. The Morgan fingerprint density at radius 2 is 1.14 bits per heavy atom. The van der Waals surface area contributed by atoms with Crippen molar-refractivity contribution >= 4 is 49.5 Å². The third kappa shape index (κ3) is 3.90. The van der Waals surface area contributed by atoms with E-state index in [1.54, 1.807) is 0 Å². The molecule has 0 radical (unpaired) electrons. The first-order valence-electron chi connectivity index (χ1n) is 14.9. The minimum absolute atomic E-state index is 0.621. The Morgan fingerprint density at radius 3 is 2.00 bits per heavy atom. The second-order valence-corrected chi connectivity index (χ2v) is 11.1. The maximum Gasteiger partial charge on any atom is 0.164 e. The zero-order valence-corrected chi connectivity index (χ0v) is 23.7. The Bertz CT molecular complexity index is 2450. The van der Waals surface area contributed by atoms with Crippen molar-refractivity contribution in [1.82, 2.24) is 15.0 Å². The van der Waals surface area contributed by atoms with E-state index in [1.165, 1.54) is 0 Å². The van der Waals surface area contributed by atoms with Gasteiger partial charge >= 0.3 is 0 Å². The predicted octanol–water partition coefficient (Wildman–Crippen LogP) is 10.4. The lowest BCUT2D eigenvalue weighted by molar-refractivity contribution is 0.668. The van der Waals surface area contributed by atoms with Crippen molar-refractivity contribution < 1.29 is 8.83 Å². The summed E-state index contributed by atoms with van der Waals surface area (Å²) >= 11 is 0. The normalized spacial score (nSPS) is 13.3. The van der Waals surface area contributed by atoms with Crippen molar-refractivity contribution in [2.45, 2.75) is 12.8 Å². The molecule has 5 heteroatoms.